The van der Waals surface area contributed by atoms with Crippen molar-refractivity contribution in [2.45, 2.75) is 38.5 Å². The van der Waals surface area contributed by atoms with Gasteiger partial charge in [-0.15, -0.1) is 0 Å². The van der Waals surface area contributed by atoms with Gasteiger partial charge in [-0.1, -0.05) is 19.3 Å². The number of rotatable bonds is 7. The summed E-state index contributed by atoms with van der Waals surface area (Å²) in [6.45, 7) is 2.81. The molecular formula is C16H25BrN2O. The van der Waals surface area contributed by atoms with Crippen molar-refractivity contribution in [3.8, 4) is 0 Å². The fourth-order valence-electron chi connectivity index (χ4n) is 3.23. The average Bonchev–Trinajstić information content (AvgIpc) is 2.45. The summed E-state index contributed by atoms with van der Waals surface area (Å²) in [4.78, 5) is 4.30. The van der Waals surface area contributed by atoms with E-state index in [9.17, 15) is 0 Å². The zero-order valence-corrected chi connectivity index (χ0v) is 13.9. The van der Waals surface area contributed by atoms with Crippen molar-refractivity contribution in [2.75, 3.05) is 26.8 Å². The van der Waals surface area contributed by atoms with E-state index in [2.05, 4.69) is 32.3 Å². The maximum absolute atomic E-state index is 5.12. The Morgan fingerprint density at radius 3 is 2.80 bits per heavy atom. The second kappa shape index (κ2) is 8.11. The van der Waals surface area contributed by atoms with E-state index in [0.717, 1.165) is 30.6 Å². The minimum atomic E-state index is 0.397. The van der Waals surface area contributed by atoms with Gasteiger partial charge in [0.05, 0.1) is 6.61 Å². The largest absolute Gasteiger partial charge is 0.383 e. The smallest absolute Gasteiger partial charge is 0.0587 e. The Labute approximate surface area is 130 Å². The lowest BCUT2D eigenvalue weighted by molar-refractivity contribution is 0.162. The fourth-order valence-corrected chi connectivity index (χ4v) is 3.64. The molecule has 1 aliphatic rings. The molecule has 1 aromatic rings. The number of hydrogen-bond donors (Lipinski definition) is 1. The van der Waals surface area contributed by atoms with Gasteiger partial charge in [0.15, 0.2) is 0 Å². The molecule has 0 radical (unpaired) electrons. The van der Waals surface area contributed by atoms with Gasteiger partial charge in [-0.05, 0) is 52.2 Å². The Balaban J connectivity index is 1.98. The van der Waals surface area contributed by atoms with Crippen molar-refractivity contribution in [2.24, 2.45) is 5.41 Å². The van der Waals surface area contributed by atoms with Crippen LogP contribution in [0.25, 0.3) is 0 Å². The van der Waals surface area contributed by atoms with Crippen molar-refractivity contribution in [3.05, 3.63) is 28.5 Å². The molecule has 0 bridgehead atoms. The maximum Gasteiger partial charge on any atom is 0.0587 e. The Hall–Kier alpha value is -0.450. The van der Waals surface area contributed by atoms with E-state index in [1.807, 2.05) is 12.4 Å². The first-order chi connectivity index (χ1) is 9.74. The van der Waals surface area contributed by atoms with Crippen LogP contribution in [-0.2, 0) is 11.2 Å². The van der Waals surface area contributed by atoms with Gasteiger partial charge in [-0.3, -0.25) is 4.98 Å². The lowest BCUT2D eigenvalue weighted by Crippen LogP contribution is -2.39. The molecule has 2 rings (SSSR count). The van der Waals surface area contributed by atoms with Gasteiger partial charge < -0.3 is 10.1 Å². The molecule has 112 valence electrons. The number of nitrogens with zero attached hydrogens (tertiary/aromatic N) is 1. The van der Waals surface area contributed by atoms with Crippen LogP contribution in [0, 0.1) is 5.41 Å². The molecule has 0 atom stereocenters. The molecule has 0 unspecified atom stereocenters. The number of aromatic nitrogens is 1. The number of hydrogen-bond acceptors (Lipinski definition) is 3. The number of halogens is 1. The van der Waals surface area contributed by atoms with Crippen LogP contribution in [0.3, 0.4) is 0 Å². The lowest BCUT2D eigenvalue weighted by atomic mass is 9.70. The highest BCUT2D eigenvalue weighted by Crippen LogP contribution is 2.38. The average molecular weight is 341 g/mol. The van der Waals surface area contributed by atoms with Gasteiger partial charge in [0.2, 0.25) is 0 Å². The minimum absolute atomic E-state index is 0.397. The molecule has 1 saturated carbocycles. The number of ether oxygens (including phenoxy) is 1. The normalized spacial score (nSPS) is 18.1. The van der Waals surface area contributed by atoms with E-state index in [1.54, 1.807) is 7.11 Å². The molecule has 3 nitrogen and oxygen atoms in total. The quantitative estimate of drug-likeness (QED) is 0.770. The van der Waals surface area contributed by atoms with Crippen LogP contribution in [-0.4, -0.2) is 31.8 Å². The SMILES string of the molecule is COCCNCC1(Cc2cncc(Br)c2)CCCCC1. The first-order valence-corrected chi connectivity index (χ1v) is 8.32. The molecule has 1 fully saturated rings. The Kier molecular flexibility index (Phi) is 6.46. The molecule has 20 heavy (non-hydrogen) atoms. The summed E-state index contributed by atoms with van der Waals surface area (Å²) in [5, 5.41) is 3.57. The van der Waals surface area contributed by atoms with Gasteiger partial charge >= 0.3 is 0 Å². The molecule has 0 saturated heterocycles. The summed E-state index contributed by atoms with van der Waals surface area (Å²) < 4.78 is 6.20. The van der Waals surface area contributed by atoms with Crippen LogP contribution in [0.1, 0.15) is 37.7 Å². The van der Waals surface area contributed by atoms with E-state index in [4.69, 9.17) is 4.74 Å². The zero-order valence-electron chi connectivity index (χ0n) is 12.3. The van der Waals surface area contributed by atoms with Crippen molar-refractivity contribution >= 4 is 15.9 Å². The van der Waals surface area contributed by atoms with Crippen LogP contribution >= 0.6 is 15.9 Å². The van der Waals surface area contributed by atoms with Crippen molar-refractivity contribution in [1.29, 1.82) is 0 Å². The number of pyridine rings is 1. The number of methoxy groups -OCH3 is 1. The zero-order chi connectivity index (χ0) is 14.3. The van der Waals surface area contributed by atoms with Crippen LogP contribution in [0.15, 0.2) is 22.9 Å². The van der Waals surface area contributed by atoms with E-state index in [1.165, 1.54) is 37.7 Å². The van der Waals surface area contributed by atoms with Crippen molar-refractivity contribution in [1.82, 2.24) is 10.3 Å². The highest BCUT2D eigenvalue weighted by molar-refractivity contribution is 9.10. The van der Waals surface area contributed by atoms with E-state index < -0.39 is 0 Å². The number of nitrogens with one attached hydrogen (secondary N) is 1. The molecule has 1 aromatic heterocycles. The Morgan fingerprint density at radius 1 is 1.30 bits per heavy atom. The van der Waals surface area contributed by atoms with Crippen molar-refractivity contribution < 1.29 is 4.74 Å². The second-order valence-electron chi connectivity index (χ2n) is 5.92. The van der Waals surface area contributed by atoms with Gasteiger partial charge in [-0.25, -0.2) is 0 Å². The van der Waals surface area contributed by atoms with Gasteiger partial charge in [-0.2, -0.15) is 0 Å². The standard InChI is InChI=1S/C16H25BrN2O/c1-20-8-7-18-13-16(5-3-2-4-6-16)10-14-9-15(17)12-19-11-14/h9,11-12,18H,2-8,10,13H2,1H3. The van der Waals surface area contributed by atoms with E-state index in [0.29, 0.717) is 5.41 Å². The topological polar surface area (TPSA) is 34.1 Å². The molecule has 0 aliphatic heterocycles. The second-order valence-corrected chi connectivity index (χ2v) is 6.83. The maximum atomic E-state index is 5.12. The molecule has 4 heteroatoms. The van der Waals surface area contributed by atoms with E-state index in [-0.39, 0.29) is 0 Å². The summed E-state index contributed by atoms with van der Waals surface area (Å²) in [5.41, 5.74) is 1.74. The van der Waals surface area contributed by atoms with Crippen LogP contribution in [0.5, 0.6) is 0 Å². The minimum Gasteiger partial charge on any atom is -0.383 e. The first kappa shape index (κ1) is 15.9. The third-order valence-electron chi connectivity index (χ3n) is 4.24. The highest BCUT2D eigenvalue weighted by atomic mass is 79.9. The predicted octanol–water partition coefficient (Wildman–Crippen LogP) is 3.57. The fraction of sp³-hybridized carbons (Fsp3) is 0.688. The monoisotopic (exact) mass is 340 g/mol. The van der Waals surface area contributed by atoms with Crippen LogP contribution in [0.2, 0.25) is 0 Å². The highest BCUT2D eigenvalue weighted by Gasteiger charge is 2.31. The molecule has 0 spiro atoms. The third kappa shape index (κ3) is 4.83. The summed E-state index contributed by atoms with van der Waals surface area (Å²) >= 11 is 3.52. The molecule has 0 amide bonds. The van der Waals surface area contributed by atoms with E-state index >= 15 is 0 Å². The van der Waals surface area contributed by atoms with Crippen molar-refractivity contribution in [3.63, 3.8) is 0 Å². The van der Waals surface area contributed by atoms with Gasteiger partial charge in [0, 0.05) is 37.1 Å². The molecule has 1 heterocycles. The molecule has 1 N–H and O–H groups in total. The molecule has 1 aliphatic carbocycles. The predicted molar refractivity (Wildman–Crippen MR) is 85.9 cm³/mol. The van der Waals surface area contributed by atoms with Crippen LogP contribution in [0.4, 0.5) is 0 Å². The third-order valence-corrected chi connectivity index (χ3v) is 4.67. The Bertz CT molecular complexity index is 405. The summed E-state index contributed by atoms with van der Waals surface area (Å²) in [5.74, 6) is 0. The summed E-state index contributed by atoms with van der Waals surface area (Å²) in [6, 6.07) is 2.21. The first-order valence-electron chi connectivity index (χ1n) is 7.53. The van der Waals surface area contributed by atoms with Gasteiger partial charge in [0.1, 0.15) is 0 Å². The molecular weight excluding hydrogens is 316 g/mol. The summed E-state index contributed by atoms with van der Waals surface area (Å²) in [7, 11) is 1.76. The molecule has 0 aromatic carbocycles. The van der Waals surface area contributed by atoms with Crippen LogP contribution < -0.4 is 5.32 Å². The summed E-state index contributed by atoms with van der Waals surface area (Å²) in [6.07, 6.45) is 11.7. The van der Waals surface area contributed by atoms with Gasteiger partial charge in [0.25, 0.3) is 0 Å². The Morgan fingerprint density at radius 2 is 2.10 bits per heavy atom. The lowest BCUT2D eigenvalue weighted by Gasteiger charge is -2.38.